The highest BCUT2D eigenvalue weighted by molar-refractivity contribution is 14.0. The molecule has 0 aromatic heterocycles. The van der Waals surface area contributed by atoms with Crippen LogP contribution in [0.5, 0.6) is 0 Å². The molecule has 1 aliphatic heterocycles. The summed E-state index contributed by atoms with van der Waals surface area (Å²) in [6, 6.07) is 8.45. The number of piperidine rings is 1. The molecule has 0 unspecified atom stereocenters. The third-order valence-electron chi connectivity index (χ3n) is 4.44. The van der Waals surface area contributed by atoms with E-state index in [1.165, 1.54) is 37.9 Å². The van der Waals surface area contributed by atoms with Gasteiger partial charge in [-0.05, 0) is 43.6 Å². The van der Waals surface area contributed by atoms with Crippen molar-refractivity contribution >= 4 is 35.6 Å². The van der Waals surface area contributed by atoms with Crippen molar-refractivity contribution in [1.82, 2.24) is 15.5 Å². The molecule has 0 amide bonds. The normalized spacial score (nSPS) is 15.2. The van der Waals surface area contributed by atoms with Gasteiger partial charge in [0.15, 0.2) is 5.96 Å². The maximum absolute atomic E-state index is 5.04. The molecule has 6 nitrogen and oxygen atoms in total. The molecular weight excluding hydrogens is 441 g/mol. The van der Waals surface area contributed by atoms with E-state index in [4.69, 9.17) is 4.74 Å². The van der Waals surface area contributed by atoms with Crippen LogP contribution in [0.25, 0.3) is 0 Å². The number of anilines is 1. The Labute approximate surface area is 175 Å². The number of nitrogens with one attached hydrogen (secondary N) is 3. The van der Waals surface area contributed by atoms with Gasteiger partial charge in [0, 0.05) is 46.0 Å². The van der Waals surface area contributed by atoms with Gasteiger partial charge in [-0.2, -0.15) is 0 Å². The molecule has 1 aromatic carbocycles. The molecule has 0 saturated carbocycles. The summed E-state index contributed by atoms with van der Waals surface area (Å²) in [5.41, 5.74) is 2.35. The van der Waals surface area contributed by atoms with E-state index >= 15 is 0 Å². The van der Waals surface area contributed by atoms with E-state index in [9.17, 15) is 0 Å². The lowest BCUT2D eigenvalue weighted by atomic mass is 10.1. The van der Waals surface area contributed by atoms with Crippen LogP contribution in [-0.2, 0) is 11.3 Å². The van der Waals surface area contributed by atoms with Crippen LogP contribution in [0.1, 0.15) is 24.8 Å². The number of aliphatic imine (C=N–C) groups is 1. The van der Waals surface area contributed by atoms with Gasteiger partial charge in [-0.1, -0.05) is 18.6 Å². The monoisotopic (exact) mass is 475 g/mol. The predicted octanol–water partition coefficient (Wildman–Crippen LogP) is 2.51. The summed E-state index contributed by atoms with van der Waals surface area (Å²) in [6.07, 6.45) is 4.06. The SMILES string of the molecule is CN=C(NCCN1CCCCC1)NCc1ccc(NCCOC)cc1.I. The first-order valence-electron chi connectivity index (χ1n) is 9.30. The van der Waals surface area contributed by atoms with Crippen molar-refractivity contribution < 1.29 is 4.74 Å². The van der Waals surface area contributed by atoms with E-state index in [0.29, 0.717) is 6.61 Å². The Kier molecular flexibility index (Phi) is 12.4. The summed E-state index contributed by atoms with van der Waals surface area (Å²) in [5, 5.41) is 10.1. The van der Waals surface area contributed by atoms with Gasteiger partial charge in [-0.25, -0.2) is 0 Å². The minimum atomic E-state index is 0. The highest BCUT2D eigenvalue weighted by Crippen LogP contribution is 2.09. The Hall–Kier alpha value is -1.06. The molecule has 3 N–H and O–H groups in total. The summed E-state index contributed by atoms with van der Waals surface area (Å²) in [5.74, 6) is 0.860. The van der Waals surface area contributed by atoms with Crippen molar-refractivity contribution in [2.24, 2.45) is 4.99 Å². The number of ether oxygens (including phenoxy) is 1. The zero-order chi connectivity index (χ0) is 17.7. The van der Waals surface area contributed by atoms with E-state index in [2.05, 4.69) is 50.1 Å². The minimum Gasteiger partial charge on any atom is -0.383 e. The second kappa shape index (κ2) is 14.1. The number of likely N-dealkylation sites (tertiary alicyclic amines) is 1. The number of nitrogens with zero attached hydrogens (tertiary/aromatic N) is 2. The van der Waals surface area contributed by atoms with Gasteiger partial charge in [0.1, 0.15) is 0 Å². The van der Waals surface area contributed by atoms with Crippen LogP contribution in [0.3, 0.4) is 0 Å². The molecule has 1 aliphatic rings. The lowest BCUT2D eigenvalue weighted by Crippen LogP contribution is -2.42. The molecule has 0 bridgehead atoms. The van der Waals surface area contributed by atoms with Crippen LogP contribution in [0.2, 0.25) is 0 Å². The summed E-state index contributed by atoms with van der Waals surface area (Å²) in [4.78, 5) is 6.83. The highest BCUT2D eigenvalue weighted by atomic mass is 127. The number of guanidine groups is 1. The number of benzene rings is 1. The molecule has 7 heteroatoms. The fraction of sp³-hybridized carbons (Fsp3) is 0.632. The van der Waals surface area contributed by atoms with E-state index in [0.717, 1.165) is 37.8 Å². The minimum absolute atomic E-state index is 0. The quantitative estimate of drug-likeness (QED) is 0.222. The second-order valence-electron chi connectivity index (χ2n) is 6.37. The van der Waals surface area contributed by atoms with E-state index < -0.39 is 0 Å². The van der Waals surface area contributed by atoms with Gasteiger partial charge in [0.05, 0.1) is 6.61 Å². The molecule has 0 spiro atoms. The Morgan fingerprint density at radius 2 is 1.81 bits per heavy atom. The van der Waals surface area contributed by atoms with Gasteiger partial charge >= 0.3 is 0 Å². The highest BCUT2D eigenvalue weighted by Gasteiger charge is 2.09. The van der Waals surface area contributed by atoms with E-state index in [1.807, 2.05) is 7.05 Å². The molecule has 1 fully saturated rings. The summed E-state index contributed by atoms with van der Waals surface area (Å²) >= 11 is 0. The molecule has 0 aliphatic carbocycles. The molecule has 1 saturated heterocycles. The zero-order valence-corrected chi connectivity index (χ0v) is 18.4. The largest absolute Gasteiger partial charge is 0.383 e. The summed E-state index contributed by atoms with van der Waals surface area (Å²) < 4.78 is 5.04. The first kappa shape index (κ1) is 23.0. The topological polar surface area (TPSA) is 60.9 Å². The number of hydrogen-bond donors (Lipinski definition) is 3. The Balaban J connectivity index is 0.00000338. The molecule has 148 valence electrons. The maximum Gasteiger partial charge on any atom is 0.191 e. The fourth-order valence-corrected chi connectivity index (χ4v) is 2.96. The number of halogens is 1. The number of hydrogen-bond acceptors (Lipinski definition) is 4. The van der Waals surface area contributed by atoms with E-state index in [1.54, 1.807) is 7.11 Å². The van der Waals surface area contributed by atoms with Gasteiger partial charge in [0.2, 0.25) is 0 Å². The van der Waals surface area contributed by atoms with Crippen molar-refractivity contribution in [3.05, 3.63) is 29.8 Å². The summed E-state index contributed by atoms with van der Waals surface area (Å²) in [6.45, 7) is 6.79. The fourth-order valence-electron chi connectivity index (χ4n) is 2.96. The van der Waals surface area contributed by atoms with Crippen LogP contribution < -0.4 is 16.0 Å². The average molecular weight is 475 g/mol. The Morgan fingerprint density at radius 3 is 2.46 bits per heavy atom. The van der Waals surface area contributed by atoms with Gasteiger partial charge in [-0.15, -0.1) is 24.0 Å². The van der Waals surface area contributed by atoms with Crippen LogP contribution in [-0.4, -0.2) is 64.3 Å². The lowest BCUT2D eigenvalue weighted by Gasteiger charge is -2.26. The Morgan fingerprint density at radius 1 is 1.08 bits per heavy atom. The molecule has 2 rings (SSSR count). The Bertz CT molecular complexity index is 503. The first-order valence-corrected chi connectivity index (χ1v) is 9.30. The molecule has 1 heterocycles. The third-order valence-corrected chi connectivity index (χ3v) is 4.44. The smallest absolute Gasteiger partial charge is 0.191 e. The van der Waals surface area contributed by atoms with Crippen LogP contribution >= 0.6 is 24.0 Å². The van der Waals surface area contributed by atoms with Crippen LogP contribution in [0, 0.1) is 0 Å². The average Bonchev–Trinajstić information content (AvgIpc) is 2.66. The predicted molar refractivity (Wildman–Crippen MR) is 121 cm³/mol. The van der Waals surface area contributed by atoms with Crippen molar-refractivity contribution in [2.45, 2.75) is 25.8 Å². The molecule has 0 atom stereocenters. The van der Waals surface area contributed by atoms with Gasteiger partial charge in [-0.3, -0.25) is 4.99 Å². The van der Waals surface area contributed by atoms with Gasteiger partial charge in [0.25, 0.3) is 0 Å². The molecular formula is C19H34IN5O. The second-order valence-corrected chi connectivity index (χ2v) is 6.37. The zero-order valence-electron chi connectivity index (χ0n) is 16.1. The van der Waals surface area contributed by atoms with E-state index in [-0.39, 0.29) is 24.0 Å². The van der Waals surface area contributed by atoms with Crippen molar-refractivity contribution in [2.75, 3.05) is 58.8 Å². The third kappa shape index (κ3) is 9.05. The van der Waals surface area contributed by atoms with Crippen molar-refractivity contribution in [3.8, 4) is 0 Å². The standard InChI is InChI=1S/C19H33N5O.HI/c1-20-19(22-10-14-24-12-4-3-5-13-24)23-16-17-6-8-18(9-7-17)21-11-15-25-2;/h6-9,21H,3-5,10-16H2,1-2H3,(H2,20,22,23);1H. The van der Waals surface area contributed by atoms with Crippen molar-refractivity contribution in [1.29, 1.82) is 0 Å². The maximum atomic E-state index is 5.04. The first-order chi connectivity index (χ1) is 12.3. The lowest BCUT2D eigenvalue weighted by molar-refractivity contribution is 0.211. The van der Waals surface area contributed by atoms with Crippen molar-refractivity contribution in [3.63, 3.8) is 0 Å². The number of methoxy groups -OCH3 is 1. The van der Waals surface area contributed by atoms with Crippen LogP contribution in [0.15, 0.2) is 29.3 Å². The summed E-state index contributed by atoms with van der Waals surface area (Å²) in [7, 11) is 3.53. The van der Waals surface area contributed by atoms with Crippen LogP contribution in [0.4, 0.5) is 5.69 Å². The molecule has 26 heavy (non-hydrogen) atoms. The molecule has 1 aromatic rings. The number of rotatable bonds is 9. The van der Waals surface area contributed by atoms with Gasteiger partial charge < -0.3 is 25.6 Å². The molecule has 0 radical (unpaired) electrons.